The van der Waals surface area contributed by atoms with E-state index < -0.39 is 58.9 Å². The number of ether oxygens (including phenoxy) is 2. The molecule has 1 amide bonds. The molecule has 3 N–H and O–H groups in total. The molecule has 36 heavy (non-hydrogen) atoms. The van der Waals surface area contributed by atoms with Crippen molar-refractivity contribution in [2.24, 2.45) is 16.1 Å². The zero-order chi connectivity index (χ0) is 26.3. The van der Waals surface area contributed by atoms with Crippen LogP contribution in [-0.4, -0.2) is 54.0 Å². The Morgan fingerprint density at radius 1 is 1.28 bits per heavy atom. The van der Waals surface area contributed by atoms with Crippen LogP contribution in [0.4, 0.5) is 32.0 Å². The topological polar surface area (TPSA) is 98.8 Å². The van der Waals surface area contributed by atoms with Crippen LogP contribution in [-0.2, 0) is 10.3 Å². The highest BCUT2D eigenvalue weighted by atomic mass is 32.2. The number of aromatic nitrogens is 1. The number of carbonyl (C=O) groups excluding carboxylic acids is 1. The number of rotatable bonds is 7. The van der Waals surface area contributed by atoms with E-state index in [2.05, 4.69) is 20.0 Å². The molecule has 3 heterocycles. The van der Waals surface area contributed by atoms with Gasteiger partial charge in [-0.25, -0.2) is 27.5 Å². The van der Waals surface area contributed by atoms with Crippen LogP contribution in [0, 0.1) is 17.0 Å². The standard InChI is InChI=1S/C22H20F6N4O3S/c1-20-7-34-8-21(20,32-19(29)36-10-20)13-4-11(2-3-14(13)23)31-17(33)16-15(24)5-12(6-30-16)35-9-22(27,28)18(25)26/h2-6,18H,7-10H2,1H3,(H2,29,32)(H,31,33). The van der Waals surface area contributed by atoms with E-state index >= 15 is 0 Å². The molecule has 1 saturated heterocycles. The quantitative estimate of drug-likeness (QED) is 0.518. The normalized spacial score (nSPS) is 23.8. The molecule has 0 bridgehead atoms. The number of anilines is 1. The first kappa shape index (κ1) is 26.1. The van der Waals surface area contributed by atoms with Gasteiger partial charge in [0.1, 0.15) is 17.1 Å². The lowest BCUT2D eigenvalue weighted by Gasteiger charge is -2.42. The third-order valence-electron chi connectivity index (χ3n) is 6.02. The first-order valence-electron chi connectivity index (χ1n) is 10.5. The Balaban J connectivity index is 1.55. The number of pyridine rings is 1. The van der Waals surface area contributed by atoms with E-state index in [1.165, 1.54) is 23.9 Å². The fraction of sp³-hybridized carbons (Fsp3) is 0.409. The van der Waals surface area contributed by atoms with E-state index in [-0.39, 0.29) is 23.0 Å². The lowest BCUT2D eigenvalue weighted by atomic mass is 9.70. The molecule has 14 heteroatoms. The van der Waals surface area contributed by atoms with Gasteiger partial charge >= 0.3 is 12.3 Å². The van der Waals surface area contributed by atoms with Gasteiger partial charge in [0.2, 0.25) is 0 Å². The largest absolute Gasteiger partial charge is 0.485 e. The van der Waals surface area contributed by atoms with E-state index in [1.807, 2.05) is 6.92 Å². The Labute approximate surface area is 205 Å². The van der Waals surface area contributed by atoms with Gasteiger partial charge < -0.3 is 20.5 Å². The van der Waals surface area contributed by atoms with E-state index in [4.69, 9.17) is 10.5 Å². The summed E-state index contributed by atoms with van der Waals surface area (Å²) < 4.78 is 90.0. The van der Waals surface area contributed by atoms with Crippen molar-refractivity contribution in [2.75, 3.05) is 30.9 Å². The van der Waals surface area contributed by atoms with Crippen molar-refractivity contribution in [3.05, 3.63) is 53.4 Å². The van der Waals surface area contributed by atoms with Crippen LogP contribution in [0.5, 0.6) is 5.75 Å². The molecule has 7 nitrogen and oxygen atoms in total. The molecule has 4 rings (SSSR count). The number of amides is 1. The zero-order valence-electron chi connectivity index (χ0n) is 18.7. The van der Waals surface area contributed by atoms with Gasteiger partial charge in [0.25, 0.3) is 5.91 Å². The van der Waals surface area contributed by atoms with E-state index in [0.29, 0.717) is 18.4 Å². The highest BCUT2D eigenvalue weighted by Gasteiger charge is 2.57. The third kappa shape index (κ3) is 4.71. The van der Waals surface area contributed by atoms with E-state index in [9.17, 15) is 31.1 Å². The average molecular weight is 534 g/mol. The molecule has 0 radical (unpaired) electrons. The first-order chi connectivity index (χ1) is 16.9. The molecule has 194 valence electrons. The van der Waals surface area contributed by atoms with Crippen LogP contribution in [0.1, 0.15) is 23.0 Å². The van der Waals surface area contributed by atoms with Gasteiger partial charge in [0.05, 0.1) is 19.4 Å². The molecule has 2 atom stereocenters. The molecule has 1 fully saturated rings. The summed E-state index contributed by atoms with van der Waals surface area (Å²) in [5, 5.41) is 2.67. The number of benzene rings is 1. The fourth-order valence-corrected chi connectivity index (χ4v) is 4.99. The molecule has 2 aromatic rings. The van der Waals surface area contributed by atoms with Gasteiger partial charge in [0.15, 0.2) is 23.3 Å². The second kappa shape index (κ2) is 9.47. The number of fused-ring (bicyclic) bond motifs is 1. The molecule has 2 aliphatic rings. The van der Waals surface area contributed by atoms with Crippen LogP contribution in [0.3, 0.4) is 0 Å². The lowest BCUT2D eigenvalue weighted by Crippen LogP contribution is -2.48. The van der Waals surface area contributed by atoms with Crippen LogP contribution in [0.25, 0.3) is 0 Å². The summed E-state index contributed by atoms with van der Waals surface area (Å²) in [5.41, 5.74) is 3.75. The number of hydrogen-bond donors (Lipinski definition) is 2. The predicted octanol–water partition coefficient (Wildman–Crippen LogP) is 4.18. The number of aliphatic imine (C=N–C) groups is 1. The van der Waals surface area contributed by atoms with Crippen molar-refractivity contribution in [3.8, 4) is 5.75 Å². The van der Waals surface area contributed by atoms with Gasteiger partial charge in [-0.2, -0.15) is 8.78 Å². The molecule has 1 aromatic carbocycles. The number of alkyl halides is 4. The molecule has 2 aliphatic heterocycles. The highest BCUT2D eigenvalue weighted by Crippen LogP contribution is 2.53. The summed E-state index contributed by atoms with van der Waals surface area (Å²) in [4.78, 5) is 20.7. The smallest absolute Gasteiger partial charge is 0.340 e. The number of amidine groups is 1. The molecule has 0 aliphatic carbocycles. The number of halogens is 6. The number of hydrogen-bond acceptors (Lipinski definition) is 7. The number of nitrogens with two attached hydrogens (primary N) is 1. The lowest BCUT2D eigenvalue weighted by molar-refractivity contribution is -0.148. The number of thioether (sulfide) groups is 1. The maximum absolute atomic E-state index is 15.0. The number of nitrogens with one attached hydrogen (secondary N) is 1. The molecule has 1 aromatic heterocycles. The summed E-state index contributed by atoms with van der Waals surface area (Å²) in [6.45, 7) is 0.584. The Morgan fingerprint density at radius 3 is 2.72 bits per heavy atom. The molecule has 0 saturated carbocycles. The van der Waals surface area contributed by atoms with Crippen LogP contribution < -0.4 is 15.8 Å². The predicted molar refractivity (Wildman–Crippen MR) is 120 cm³/mol. The summed E-state index contributed by atoms with van der Waals surface area (Å²) in [7, 11) is 0. The average Bonchev–Trinajstić information content (AvgIpc) is 3.16. The minimum absolute atomic E-state index is 0.0708. The number of carbonyl (C=O) groups is 1. The number of nitrogens with zero attached hydrogens (tertiary/aromatic N) is 2. The van der Waals surface area contributed by atoms with Gasteiger partial charge in [-0.1, -0.05) is 18.7 Å². The van der Waals surface area contributed by atoms with Crippen molar-refractivity contribution in [1.82, 2.24) is 4.98 Å². The minimum Gasteiger partial charge on any atom is -0.485 e. The second-order valence-electron chi connectivity index (χ2n) is 8.65. The van der Waals surface area contributed by atoms with Gasteiger partial charge in [0, 0.05) is 28.5 Å². The van der Waals surface area contributed by atoms with Gasteiger partial charge in [-0.3, -0.25) is 4.79 Å². The maximum atomic E-state index is 15.0. The molecule has 2 unspecified atom stereocenters. The Morgan fingerprint density at radius 2 is 2.03 bits per heavy atom. The van der Waals surface area contributed by atoms with E-state index in [0.717, 1.165) is 12.3 Å². The third-order valence-corrected chi connectivity index (χ3v) is 7.19. The molecular weight excluding hydrogens is 514 g/mol. The summed E-state index contributed by atoms with van der Waals surface area (Å²) in [6, 6.07) is 4.30. The summed E-state index contributed by atoms with van der Waals surface area (Å²) >= 11 is 1.33. The Hall–Kier alpha value is -3.00. The highest BCUT2D eigenvalue weighted by molar-refractivity contribution is 8.13. The Kier molecular flexibility index (Phi) is 6.86. The second-order valence-corrected chi connectivity index (χ2v) is 9.65. The van der Waals surface area contributed by atoms with E-state index in [1.54, 1.807) is 0 Å². The zero-order valence-corrected chi connectivity index (χ0v) is 19.5. The molecular formula is C22H20F6N4O3S. The van der Waals surface area contributed by atoms with Crippen LogP contribution in [0.2, 0.25) is 0 Å². The van der Waals surface area contributed by atoms with Crippen molar-refractivity contribution in [2.45, 2.75) is 24.8 Å². The van der Waals surface area contributed by atoms with Gasteiger partial charge in [-0.15, -0.1) is 0 Å². The summed E-state index contributed by atoms with van der Waals surface area (Å²) in [5.74, 6) is -7.36. The maximum Gasteiger partial charge on any atom is 0.340 e. The van der Waals surface area contributed by atoms with Crippen molar-refractivity contribution < 1.29 is 40.6 Å². The van der Waals surface area contributed by atoms with Crippen molar-refractivity contribution >= 4 is 28.5 Å². The van der Waals surface area contributed by atoms with Crippen molar-refractivity contribution in [1.29, 1.82) is 0 Å². The minimum atomic E-state index is -4.45. The van der Waals surface area contributed by atoms with Gasteiger partial charge in [-0.05, 0) is 18.2 Å². The summed E-state index contributed by atoms with van der Waals surface area (Å²) in [6.07, 6.45) is -3.23. The van der Waals surface area contributed by atoms with Crippen LogP contribution in [0.15, 0.2) is 35.5 Å². The van der Waals surface area contributed by atoms with Crippen molar-refractivity contribution in [3.63, 3.8) is 0 Å². The SMILES string of the molecule is CC12COCC1(c1cc(NC(=O)c3ncc(OCC(F)(F)C(F)F)cc3F)ccc1F)N=C(N)SC2. The fourth-order valence-electron chi connectivity index (χ4n) is 3.98. The molecule has 0 spiro atoms. The Bertz CT molecular complexity index is 1220. The van der Waals surface area contributed by atoms with Crippen LogP contribution >= 0.6 is 11.8 Å². The first-order valence-corrected chi connectivity index (χ1v) is 11.5. The monoisotopic (exact) mass is 534 g/mol.